The number of amides is 2. The maximum absolute atomic E-state index is 12.1. The predicted octanol–water partition coefficient (Wildman–Crippen LogP) is 1.29. The largest absolute Gasteiger partial charge is 0.352 e. The smallest absolute Gasteiger partial charge is 0.239 e. The highest BCUT2D eigenvalue weighted by Crippen LogP contribution is 2.18. The van der Waals surface area contributed by atoms with Crippen molar-refractivity contribution in [1.29, 1.82) is 0 Å². The molecule has 0 unspecified atom stereocenters. The Bertz CT molecular complexity index is 514. The van der Waals surface area contributed by atoms with Crippen LogP contribution in [0.4, 0.5) is 0 Å². The number of nitrogens with zero attached hydrogens (tertiary/aromatic N) is 2. The minimum Gasteiger partial charge on any atom is -0.352 e. The molecule has 1 N–H and O–H groups in total. The zero-order chi connectivity index (χ0) is 16.7. The van der Waals surface area contributed by atoms with E-state index in [2.05, 4.69) is 17.4 Å². The van der Waals surface area contributed by atoms with E-state index in [1.54, 1.807) is 7.05 Å². The molecular weight excluding hydrogens is 290 g/mol. The number of carbonyl (C=O) groups excluding carboxylic acids is 2. The van der Waals surface area contributed by atoms with Gasteiger partial charge in [0.1, 0.15) is 0 Å². The van der Waals surface area contributed by atoms with Gasteiger partial charge < -0.3 is 10.2 Å². The van der Waals surface area contributed by atoms with E-state index in [-0.39, 0.29) is 18.4 Å². The van der Waals surface area contributed by atoms with Crippen LogP contribution in [0.25, 0.3) is 0 Å². The van der Waals surface area contributed by atoms with Gasteiger partial charge in [-0.3, -0.25) is 14.5 Å². The fourth-order valence-corrected chi connectivity index (χ4v) is 2.43. The Kier molecular flexibility index (Phi) is 6.59. The van der Waals surface area contributed by atoms with E-state index in [1.165, 1.54) is 10.5 Å². The summed E-state index contributed by atoms with van der Waals surface area (Å²) in [6.45, 7) is 1.36. The highest BCUT2D eigenvalue weighted by Gasteiger charge is 2.24. The number of carbonyl (C=O) groups is 2. The second kappa shape index (κ2) is 8.67. The van der Waals surface area contributed by atoms with E-state index < -0.39 is 0 Å². The van der Waals surface area contributed by atoms with Crippen molar-refractivity contribution in [2.24, 2.45) is 0 Å². The Hall–Kier alpha value is -1.88. The van der Waals surface area contributed by atoms with Crippen molar-refractivity contribution in [2.75, 3.05) is 33.7 Å². The van der Waals surface area contributed by atoms with Crippen molar-refractivity contribution in [1.82, 2.24) is 15.1 Å². The van der Waals surface area contributed by atoms with Crippen LogP contribution in [-0.4, -0.2) is 61.4 Å². The molecule has 1 aliphatic carbocycles. The summed E-state index contributed by atoms with van der Waals surface area (Å²) in [7, 11) is 3.63. The number of aryl methyl sites for hydroxylation is 1. The molecule has 0 aliphatic heterocycles. The van der Waals surface area contributed by atoms with E-state index in [0.717, 1.165) is 32.2 Å². The van der Waals surface area contributed by atoms with Crippen LogP contribution in [0.3, 0.4) is 0 Å². The Morgan fingerprint density at radius 2 is 1.83 bits per heavy atom. The van der Waals surface area contributed by atoms with Crippen LogP contribution < -0.4 is 5.32 Å². The summed E-state index contributed by atoms with van der Waals surface area (Å²) < 4.78 is 0. The average Bonchev–Trinajstić information content (AvgIpc) is 3.32. The van der Waals surface area contributed by atoms with Gasteiger partial charge in [0.05, 0.1) is 13.1 Å². The van der Waals surface area contributed by atoms with E-state index >= 15 is 0 Å². The van der Waals surface area contributed by atoms with Gasteiger partial charge in [0, 0.05) is 13.1 Å². The molecule has 0 aromatic heterocycles. The highest BCUT2D eigenvalue weighted by molar-refractivity contribution is 5.85. The van der Waals surface area contributed by atoms with Crippen LogP contribution in [0.1, 0.15) is 24.8 Å². The number of nitrogens with one attached hydrogen (secondary N) is 1. The molecule has 0 radical (unpaired) electrons. The third-order valence-corrected chi connectivity index (χ3v) is 4.00. The zero-order valence-electron chi connectivity index (χ0n) is 14.1. The van der Waals surface area contributed by atoms with Crippen molar-refractivity contribution in [3.05, 3.63) is 35.9 Å². The number of likely N-dealkylation sites (N-methyl/N-ethyl adjacent to an activating group) is 2. The summed E-state index contributed by atoms with van der Waals surface area (Å²) >= 11 is 0. The monoisotopic (exact) mass is 317 g/mol. The van der Waals surface area contributed by atoms with Crippen molar-refractivity contribution in [2.45, 2.75) is 31.7 Å². The lowest BCUT2D eigenvalue weighted by molar-refractivity contribution is -0.135. The molecule has 0 spiro atoms. The molecule has 1 aromatic rings. The molecule has 1 saturated carbocycles. The van der Waals surface area contributed by atoms with Gasteiger partial charge in [0.25, 0.3) is 0 Å². The van der Waals surface area contributed by atoms with Crippen LogP contribution in [0, 0.1) is 0 Å². The quantitative estimate of drug-likeness (QED) is 0.747. The molecule has 1 aromatic carbocycles. The molecule has 0 heterocycles. The first-order valence-electron chi connectivity index (χ1n) is 8.30. The average molecular weight is 317 g/mol. The van der Waals surface area contributed by atoms with Gasteiger partial charge in [-0.15, -0.1) is 0 Å². The molecule has 0 saturated heterocycles. The van der Waals surface area contributed by atoms with E-state index in [0.29, 0.717) is 12.6 Å². The van der Waals surface area contributed by atoms with Gasteiger partial charge in [-0.1, -0.05) is 30.3 Å². The highest BCUT2D eigenvalue weighted by atomic mass is 16.2. The zero-order valence-corrected chi connectivity index (χ0v) is 14.1. The van der Waals surface area contributed by atoms with Crippen molar-refractivity contribution >= 4 is 11.8 Å². The van der Waals surface area contributed by atoms with Gasteiger partial charge in [-0.2, -0.15) is 0 Å². The summed E-state index contributed by atoms with van der Waals surface area (Å²) in [5.74, 6) is -0.0757. The standard InChI is InChI=1S/C18H27N3O2/c1-20(12-6-9-15-7-4-3-5-8-15)14-18(23)21(2)13-17(22)19-16-10-11-16/h3-5,7-8,16H,6,9-14H2,1-2H3,(H,19,22). The maximum atomic E-state index is 12.1. The van der Waals surface area contributed by atoms with Gasteiger partial charge in [0.2, 0.25) is 11.8 Å². The molecule has 5 nitrogen and oxygen atoms in total. The molecule has 0 atom stereocenters. The summed E-state index contributed by atoms with van der Waals surface area (Å²) in [6.07, 6.45) is 4.15. The third-order valence-electron chi connectivity index (χ3n) is 4.00. The number of rotatable bonds is 9. The Balaban J connectivity index is 1.61. The molecule has 5 heteroatoms. The molecular formula is C18H27N3O2. The Labute approximate surface area is 138 Å². The topological polar surface area (TPSA) is 52.7 Å². The van der Waals surface area contributed by atoms with Gasteiger partial charge in [-0.25, -0.2) is 0 Å². The predicted molar refractivity (Wildman–Crippen MR) is 91.1 cm³/mol. The van der Waals surface area contributed by atoms with Gasteiger partial charge in [0.15, 0.2) is 0 Å². The normalized spacial score (nSPS) is 13.9. The van der Waals surface area contributed by atoms with Gasteiger partial charge in [-0.05, 0) is 44.8 Å². The fraction of sp³-hybridized carbons (Fsp3) is 0.556. The number of hydrogen-bond donors (Lipinski definition) is 1. The maximum Gasteiger partial charge on any atom is 0.239 e. The first kappa shape index (κ1) is 17.5. The lowest BCUT2D eigenvalue weighted by atomic mass is 10.1. The van der Waals surface area contributed by atoms with Crippen molar-refractivity contribution in [3.63, 3.8) is 0 Å². The lowest BCUT2D eigenvalue weighted by Crippen LogP contribution is -2.43. The Morgan fingerprint density at radius 1 is 1.13 bits per heavy atom. The third kappa shape index (κ3) is 6.82. The first-order valence-corrected chi connectivity index (χ1v) is 8.30. The SMILES string of the molecule is CN(CCCc1ccccc1)CC(=O)N(C)CC(=O)NC1CC1. The molecule has 1 aliphatic rings. The molecule has 126 valence electrons. The van der Waals surface area contributed by atoms with Crippen LogP contribution in [-0.2, 0) is 16.0 Å². The summed E-state index contributed by atoms with van der Waals surface area (Å²) in [6, 6.07) is 10.7. The summed E-state index contributed by atoms with van der Waals surface area (Å²) in [5, 5.41) is 2.90. The fourth-order valence-electron chi connectivity index (χ4n) is 2.43. The van der Waals surface area contributed by atoms with Crippen LogP contribution in [0.2, 0.25) is 0 Å². The van der Waals surface area contributed by atoms with E-state index in [4.69, 9.17) is 0 Å². The molecule has 0 bridgehead atoms. The van der Waals surface area contributed by atoms with Crippen molar-refractivity contribution < 1.29 is 9.59 Å². The van der Waals surface area contributed by atoms with E-state index in [1.807, 2.05) is 30.1 Å². The number of hydrogen-bond acceptors (Lipinski definition) is 3. The second-order valence-corrected chi connectivity index (χ2v) is 6.42. The lowest BCUT2D eigenvalue weighted by Gasteiger charge is -2.21. The summed E-state index contributed by atoms with van der Waals surface area (Å²) in [5.41, 5.74) is 1.32. The van der Waals surface area contributed by atoms with Crippen molar-refractivity contribution in [3.8, 4) is 0 Å². The van der Waals surface area contributed by atoms with Crippen LogP contribution in [0.15, 0.2) is 30.3 Å². The Morgan fingerprint density at radius 3 is 2.48 bits per heavy atom. The second-order valence-electron chi connectivity index (χ2n) is 6.42. The van der Waals surface area contributed by atoms with Crippen LogP contribution in [0.5, 0.6) is 0 Å². The molecule has 2 amide bonds. The molecule has 23 heavy (non-hydrogen) atoms. The van der Waals surface area contributed by atoms with Crippen LogP contribution >= 0.6 is 0 Å². The van der Waals surface area contributed by atoms with Gasteiger partial charge >= 0.3 is 0 Å². The molecule has 1 fully saturated rings. The number of benzene rings is 1. The summed E-state index contributed by atoms with van der Waals surface area (Å²) in [4.78, 5) is 27.4. The minimum atomic E-state index is -0.0601. The minimum absolute atomic E-state index is 0.0156. The van der Waals surface area contributed by atoms with E-state index in [9.17, 15) is 9.59 Å². The first-order chi connectivity index (χ1) is 11.0. The molecule has 2 rings (SSSR count).